The summed E-state index contributed by atoms with van der Waals surface area (Å²) < 4.78 is 3.30. The van der Waals surface area contributed by atoms with Gasteiger partial charge in [-0.15, -0.1) is 0 Å². The van der Waals surface area contributed by atoms with E-state index in [9.17, 15) is 14.4 Å². The van der Waals surface area contributed by atoms with Gasteiger partial charge in [0.05, 0.1) is 5.75 Å². The van der Waals surface area contributed by atoms with Crippen molar-refractivity contribution in [3.05, 3.63) is 49.6 Å². The smallest absolute Gasteiger partial charge is 0.332 e. The first-order valence-electron chi connectivity index (χ1n) is 9.51. The first kappa shape index (κ1) is 20.8. The van der Waals surface area contributed by atoms with Crippen molar-refractivity contribution in [2.24, 2.45) is 14.1 Å². The van der Waals surface area contributed by atoms with Gasteiger partial charge in [-0.25, -0.2) is 14.8 Å². The summed E-state index contributed by atoms with van der Waals surface area (Å²) in [5.74, 6) is 0.600. The highest BCUT2D eigenvalue weighted by Crippen LogP contribution is 2.27. The SMILES string of the molecule is Cn1c(=O)c2c(SCC(=O)N3CCCC3)nc(-c3ccc(Br)cc3)nc2n(C)c1=O. The van der Waals surface area contributed by atoms with E-state index < -0.39 is 11.2 Å². The van der Waals surface area contributed by atoms with Crippen LogP contribution in [0.4, 0.5) is 0 Å². The highest BCUT2D eigenvalue weighted by atomic mass is 79.9. The summed E-state index contributed by atoms with van der Waals surface area (Å²) in [6.07, 6.45) is 2.03. The molecule has 1 saturated heterocycles. The Morgan fingerprint density at radius 1 is 1.07 bits per heavy atom. The molecule has 4 rings (SSSR count). The zero-order valence-electron chi connectivity index (χ0n) is 16.6. The van der Waals surface area contributed by atoms with E-state index in [-0.39, 0.29) is 22.7 Å². The molecule has 0 bridgehead atoms. The Labute approximate surface area is 185 Å². The molecule has 1 amide bonds. The van der Waals surface area contributed by atoms with Crippen molar-refractivity contribution in [2.75, 3.05) is 18.8 Å². The van der Waals surface area contributed by atoms with Gasteiger partial charge in [-0.3, -0.25) is 18.7 Å². The van der Waals surface area contributed by atoms with Gasteiger partial charge in [0.15, 0.2) is 11.5 Å². The average Bonchev–Trinajstić information content (AvgIpc) is 3.29. The van der Waals surface area contributed by atoms with Crippen LogP contribution < -0.4 is 11.2 Å². The largest absolute Gasteiger partial charge is 0.342 e. The van der Waals surface area contributed by atoms with Crippen LogP contribution in [-0.2, 0) is 18.9 Å². The first-order valence-corrected chi connectivity index (χ1v) is 11.3. The number of thioether (sulfide) groups is 1. The summed E-state index contributed by atoms with van der Waals surface area (Å²) in [5, 5.41) is 0.654. The lowest BCUT2D eigenvalue weighted by Gasteiger charge is -2.15. The summed E-state index contributed by atoms with van der Waals surface area (Å²) in [6.45, 7) is 1.54. The Morgan fingerprint density at radius 2 is 1.73 bits per heavy atom. The quantitative estimate of drug-likeness (QED) is 0.412. The average molecular weight is 490 g/mol. The van der Waals surface area contributed by atoms with Crippen molar-refractivity contribution < 1.29 is 4.79 Å². The van der Waals surface area contributed by atoms with E-state index in [1.165, 1.54) is 23.4 Å². The van der Waals surface area contributed by atoms with Crippen molar-refractivity contribution in [2.45, 2.75) is 17.9 Å². The Hall–Kier alpha value is -2.46. The molecule has 0 radical (unpaired) electrons. The zero-order chi connectivity index (χ0) is 21.4. The second-order valence-electron chi connectivity index (χ2n) is 7.14. The number of likely N-dealkylation sites (tertiary alicyclic amines) is 1. The van der Waals surface area contributed by atoms with Gasteiger partial charge in [-0.2, -0.15) is 0 Å². The maximum atomic E-state index is 12.9. The van der Waals surface area contributed by atoms with E-state index >= 15 is 0 Å². The van der Waals surface area contributed by atoms with Gasteiger partial charge < -0.3 is 4.90 Å². The third kappa shape index (κ3) is 3.81. The number of amides is 1. The molecule has 0 saturated carbocycles. The fourth-order valence-corrected chi connectivity index (χ4v) is 4.63. The number of rotatable bonds is 4. The van der Waals surface area contributed by atoms with Crippen LogP contribution in [0, 0.1) is 0 Å². The summed E-state index contributed by atoms with van der Waals surface area (Å²) in [7, 11) is 3.00. The van der Waals surface area contributed by atoms with Gasteiger partial charge in [-0.05, 0) is 25.0 Å². The number of halogens is 1. The molecule has 3 heterocycles. The number of carbonyl (C=O) groups is 1. The molecule has 1 fully saturated rings. The lowest BCUT2D eigenvalue weighted by molar-refractivity contribution is -0.127. The number of aryl methyl sites for hydroxylation is 1. The predicted octanol–water partition coefficient (Wildman–Crippen LogP) is 2.17. The monoisotopic (exact) mass is 489 g/mol. The van der Waals surface area contributed by atoms with E-state index in [2.05, 4.69) is 25.9 Å². The van der Waals surface area contributed by atoms with Crippen LogP contribution in [0.15, 0.2) is 43.4 Å². The second-order valence-corrected chi connectivity index (χ2v) is 9.02. The minimum atomic E-state index is -0.466. The highest BCUT2D eigenvalue weighted by Gasteiger charge is 2.22. The number of nitrogens with zero attached hydrogens (tertiary/aromatic N) is 5. The van der Waals surface area contributed by atoms with Crippen LogP contribution in [-0.4, -0.2) is 48.8 Å². The molecule has 0 aliphatic carbocycles. The third-order valence-electron chi connectivity index (χ3n) is 5.16. The Morgan fingerprint density at radius 3 is 2.40 bits per heavy atom. The molecule has 0 spiro atoms. The van der Waals surface area contributed by atoms with Crippen molar-refractivity contribution in [1.29, 1.82) is 0 Å². The second kappa shape index (κ2) is 8.35. The topological polar surface area (TPSA) is 90.1 Å². The zero-order valence-corrected chi connectivity index (χ0v) is 19.0. The number of aromatic nitrogens is 4. The number of benzene rings is 1. The van der Waals surface area contributed by atoms with E-state index in [0.29, 0.717) is 10.9 Å². The van der Waals surface area contributed by atoms with Crippen molar-refractivity contribution in [1.82, 2.24) is 24.0 Å². The molecule has 1 aliphatic heterocycles. The van der Waals surface area contributed by atoms with Crippen molar-refractivity contribution >= 4 is 44.6 Å². The lowest BCUT2D eigenvalue weighted by atomic mass is 10.2. The van der Waals surface area contributed by atoms with Crippen LogP contribution in [0.3, 0.4) is 0 Å². The predicted molar refractivity (Wildman–Crippen MR) is 120 cm³/mol. The molecule has 0 unspecified atom stereocenters. The summed E-state index contributed by atoms with van der Waals surface area (Å²) >= 11 is 4.62. The molecule has 3 aromatic rings. The molecule has 1 aromatic carbocycles. The van der Waals surface area contributed by atoms with Crippen LogP contribution in [0.5, 0.6) is 0 Å². The summed E-state index contributed by atoms with van der Waals surface area (Å²) in [4.78, 5) is 48.8. The lowest BCUT2D eigenvalue weighted by Crippen LogP contribution is -2.37. The first-order chi connectivity index (χ1) is 14.4. The van der Waals surface area contributed by atoms with E-state index in [1.807, 2.05) is 29.2 Å². The van der Waals surface area contributed by atoms with Gasteiger partial charge in [0.25, 0.3) is 5.56 Å². The molecule has 0 atom stereocenters. The fourth-order valence-electron chi connectivity index (χ4n) is 3.45. The van der Waals surface area contributed by atoms with Gasteiger partial charge in [0, 0.05) is 37.2 Å². The molecule has 2 aromatic heterocycles. The summed E-state index contributed by atoms with van der Waals surface area (Å²) in [5.41, 5.74) is 0.0803. The maximum Gasteiger partial charge on any atom is 0.332 e. The van der Waals surface area contributed by atoms with Gasteiger partial charge in [-0.1, -0.05) is 39.8 Å². The van der Waals surface area contributed by atoms with E-state index in [4.69, 9.17) is 0 Å². The molecular formula is C20H20BrN5O3S. The van der Waals surface area contributed by atoms with Crippen molar-refractivity contribution in [3.8, 4) is 11.4 Å². The van der Waals surface area contributed by atoms with E-state index in [1.54, 1.807) is 7.05 Å². The van der Waals surface area contributed by atoms with Gasteiger partial charge >= 0.3 is 5.69 Å². The summed E-state index contributed by atoms with van der Waals surface area (Å²) in [6, 6.07) is 7.45. The maximum absolute atomic E-state index is 12.9. The molecule has 156 valence electrons. The number of fused-ring (bicyclic) bond motifs is 1. The molecular weight excluding hydrogens is 470 g/mol. The van der Waals surface area contributed by atoms with Crippen molar-refractivity contribution in [3.63, 3.8) is 0 Å². The van der Waals surface area contributed by atoms with E-state index in [0.717, 1.165) is 40.5 Å². The van der Waals surface area contributed by atoms with Gasteiger partial charge in [0.2, 0.25) is 5.91 Å². The standard InChI is InChI=1S/C20H20BrN5O3S/c1-24-17-15(19(28)25(2)20(24)29)18(30-11-14(27)26-9-3-4-10-26)23-16(22-17)12-5-7-13(21)8-6-12/h5-8H,3-4,9-11H2,1-2H3. The van der Waals surface area contributed by atoms with Gasteiger partial charge in [0.1, 0.15) is 10.4 Å². The number of carbonyl (C=O) groups excluding carboxylic acids is 1. The third-order valence-corrected chi connectivity index (χ3v) is 6.65. The van der Waals surface area contributed by atoms with Crippen LogP contribution in [0.2, 0.25) is 0 Å². The molecule has 10 heteroatoms. The minimum absolute atomic E-state index is 0.0242. The Kier molecular flexibility index (Phi) is 5.79. The normalized spacial score (nSPS) is 13.9. The molecule has 0 N–H and O–H groups in total. The van der Waals surface area contributed by atoms with Crippen LogP contribution in [0.1, 0.15) is 12.8 Å². The highest BCUT2D eigenvalue weighted by molar-refractivity contribution is 9.10. The number of hydrogen-bond acceptors (Lipinski definition) is 6. The van der Waals surface area contributed by atoms with Crippen LogP contribution in [0.25, 0.3) is 22.4 Å². The number of hydrogen-bond donors (Lipinski definition) is 0. The fraction of sp³-hybridized carbons (Fsp3) is 0.350. The van der Waals surface area contributed by atoms with Crippen LogP contribution >= 0.6 is 27.7 Å². The molecule has 30 heavy (non-hydrogen) atoms. The molecule has 8 nitrogen and oxygen atoms in total. The minimum Gasteiger partial charge on any atom is -0.342 e. The Bertz CT molecular complexity index is 1250. The molecule has 1 aliphatic rings. The Balaban J connectivity index is 1.84.